The van der Waals surface area contributed by atoms with E-state index in [1.165, 1.54) is 24.4 Å². The van der Waals surface area contributed by atoms with Crippen molar-refractivity contribution in [3.05, 3.63) is 69.9 Å². The van der Waals surface area contributed by atoms with Gasteiger partial charge in [-0.15, -0.1) is 0 Å². The van der Waals surface area contributed by atoms with Crippen LogP contribution in [-0.4, -0.2) is 12.1 Å². The topological polar surface area (TPSA) is 41.5 Å². The van der Waals surface area contributed by atoms with Gasteiger partial charge in [-0.3, -0.25) is 4.79 Å². The van der Waals surface area contributed by atoms with Gasteiger partial charge in [-0.1, -0.05) is 34.1 Å². The zero-order valence-electron chi connectivity index (χ0n) is 9.81. The maximum atomic E-state index is 12.9. The third-order valence-electron chi connectivity index (χ3n) is 2.32. The summed E-state index contributed by atoms with van der Waals surface area (Å²) in [6, 6.07) is 12.9. The first-order valence-electron chi connectivity index (χ1n) is 5.50. The summed E-state index contributed by atoms with van der Waals surface area (Å²) in [5, 5.41) is 3.82. The zero-order valence-corrected chi connectivity index (χ0v) is 11.4. The standard InChI is InChI=1S/C14H10BrFN2O/c15-12-5-1-3-10(7-12)9-17-18-14(19)11-4-2-6-13(16)8-11/h1-9H,(H,18,19). The molecule has 96 valence electrons. The summed E-state index contributed by atoms with van der Waals surface area (Å²) in [5.41, 5.74) is 3.41. The number of nitrogens with zero attached hydrogens (tertiary/aromatic N) is 1. The van der Waals surface area contributed by atoms with E-state index >= 15 is 0 Å². The highest BCUT2D eigenvalue weighted by molar-refractivity contribution is 9.10. The van der Waals surface area contributed by atoms with Crippen molar-refractivity contribution >= 4 is 28.1 Å². The van der Waals surface area contributed by atoms with Crippen molar-refractivity contribution in [3.63, 3.8) is 0 Å². The molecule has 0 saturated carbocycles. The lowest BCUT2D eigenvalue weighted by Gasteiger charge is -1.99. The van der Waals surface area contributed by atoms with E-state index in [0.717, 1.165) is 16.1 Å². The Hall–Kier alpha value is -2.01. The number of benzene rings is 2. The number of hydrogen-bond acceptors (Lipinski definition) is 2. The SMILES string of the molecule is O=C(NN=Cc1cccc(Br)c1)c1cccc(F)c1. The summed E-state index contributed by atoms with van der Waals surface area (Å²) in [6.07, 6.45) is 1.52. The minimum absolute atomic E-state index is 0.228. The van der Waals surface area contributed by atoms with E-state index in [1.54, 1.807) is 0 Å². The van der Waals surface area contributed by atoms with E-state index < -0.39 is 11.7 Å². The van der Waals surface area contributed by atoms with Crippen LogP contribution < -0.4 is 5.43 Å². The third-order valence-corrected chi connectivity index (χ3v) is 2.81. The molecule has 2 rings (SSSR count). The molecule has 0 atom stereocenters. The van der Waals surface area contributed by atoms with Crippen molar-refractivity contribution in [1.82, 2.24) is 5.43 Å². The quantitative estimate of drug-likeness (QED) is 0.684. The van der Waals surface area contributed by atoms with E-state index in [-0.39, 0.29) is 5.56 Å². The predicted octanol–water partition coefficient (Wildman–Crippen LogP) is 3.35. The molecule has 2 aromatic rings. The second-order valence-corrected chi connectivity index (χ2v) is 4.68. The van der Waals surface area contributed by atoms with Gasteiger partial charge in [0.2, 0.25) is 0 Å². The zero-order chi connectivity index (χ0) is 13.7. The molecule has 0 saturated heterocycles. The highest BCUT2D eigenvalue weighted by Gasteiger charge is 2.04. The van der Waals surface area contributed by atoms with Gasteiger partial charge in [-0.05, 0) is 35.9 Å². The van der Waals surface area contributed by atoms with E-state index in [2.05, 4.69) is 26.5 Å². The Labute approximate surface area is 118 Å². The fourth-order valence-electron chi connectivity index (χ4n) is 1.45. The summed E-state index contributed by atoms with van der Waals surface area (Å²) >= 11 is 3.34. The molecule has 0 bridgehead atoms. The van der Waals surface area contributed by atoms with Gasteiger partial charge in [0.15, 0.2) is 0 Å². The Morgan fingerprint density at radius 2 is 2.00 bits per heavy atom. The van der Waals surface area contributed by atoms with Crippen LogP contribution in [-0.2, 0) is 0 Å². The Balaban J connectivity index is 2.01. The van der Waals surface area contributed by atoms with Gasteiger partial charge in [0.1, 0.15) is 5.82 Å². The Morgan fingerprint density at radius 1 is 1.21 bits per heavy atom. The monoisotopic (exact) mass is 320 g/mol. The predicted molar refractivity (Wildman–Crippen MR) is 75.6 cm³/mol. The van der Waals surface area contributed by atoms with Crippen LogP contribution in [0.5, 0.6) is 0 Å². The third kappa shape index (κ3) is 3.99. The molecule has 1 amide bonds. The minimum atomic E-state index is -0.455. The number of hydrazone groups is 1. The fourth-order valence-corrected chi connectivity index (χ4v) is 1.86. The molecule has 0 radical (unpaired) electrons. The maximum absolute atomic E-state index is 12.9. The highest BCUT2D eigenvalue weighted by Crippen LogP contribution is 2.09. The molecule has 0 unspecified atom stereocenters. The van der Waals surface area contributed by atoms with Crippen LogP contribution in [0, 0.1) is 5.82 Å². The van der Waals surface area contributed by atoms with Crippen molar-refractivity contribution in [1.29, 1.82) is 0 Å². The molecule has 0 heterocycles. The van der Waals surface area contributed by atoms with Gasteiger partial charge in [0.25, 0.3) is 5.91 Å². The van der Waals surface area contributed by atoms with Gasteiger partial charge in [0, 0.05) is 10.0 Å². The number of nitrogens with one attached hydrogen (secondary N) is 1. The van der Waals surface area contributed by atoms with E-state index in [1.807, 2.05) is 24.3 Å². The molecular weight excluding hydrogens is 311 g/mol. The summed E-state index contributed by atoms with van der Waals surface area (Å²) < 4.78 is 13.9. The van der Waals surface area contributed by atoms with Crippen molar-refractivity contribution in [3.8, 4) is 0 Å². The molecule has 0 spiro atoms. The smallest absolute Gasteiger partial charge is 0.267 e. The molecule has 0 aliphatic rings. The van der Waals surface area contributed by atoms with E-state index in [4.69, 9.17) is 0 Å². The average Bonchev–Trinajstić information content (AvgIpc) is 2.38. The van der Waals surface area contributed by atoms with Crippen LogP contribution in [0.3, 0.4) is 0 Å². The van der Waals surface area contributed by atoms with Gasteiger partial charge in [0.05, 0.1) is 6.21 Å². The van der Waals surface area contributed by atoms with Crippen LogP contribution >= 0.6 is 15.9 Å². The Morgan fingerprint density at radius 3 is 2.74 bits per heavy atom. The van der Waals surface area contributed by atoms with Crippen LogP contribution in [0.2, 0.25) is 0 Å². The van der Waals surface area contributed by atoms with Crippen LogP contribution in [0.15, 0.2) is 58.1 Å². The van der Waals surface area contributed by atoms with E-state index in [0.29, 0.717) is 0 Å². The second-order valence-electron chi connectivity index (χ2n) is 3.76. The van der Waals surface area contributed by atoms with E-state index in [9.17, 15) is 9.18 Å². The molecule has 1 N–H and O–H groups in total. The Kier molecular flexibility index (Phi) is 4.41. The molecule has 0 fully saturated rings. The second kappa shape index (κ2) is 6.24. The normalized spacial score (nSPS) is 10.6. The summed E-state index contributed by atoms with van der Waals surface area (Å²) in [6.45, 7) is 0. The molecule has 0 aromatic heterocycles. The number of halogens is 2. The maximum Gasteiger partial charge on any atom is 0.271 e. The molecule has 5 heteroatoms. The van der Waals surface area contributed by atoms with Gasteiger partial charge in [-0.2, -0.15) is 5.10 Å². The molecule has 3 nitrogen and oxygen atoms in total. The average molecular weight is 321 g/mol. The summed E-state index contributed by atoms with van der Waals surface area (Å²) in [4.78, 5) is 11.7. The molecular formula is C14H10BrFN2O. The number of hydrogen-bond donors (Lipinski definition) is 1. The number of carbonyl (C=O) groups is 1. The van der Waals surface area contributed by atoms with Gasteiger partial charge in [-0.25, -0.2) is 9.82 Å². The van der Waals surface area contributed by atoms with Gasteiger partial charge >= 0.3 is 0 Å². The lowest BCUT2D eigenvalue weighted by atomic mass is 10.2. The molecule has 19 heavy (non-hydrogen) atoms. The van der Waals surface area contributed by atoms with Crippen LogP contribution in [0.1, 0.15) is 15.9 Å². The largest absolute Gasteiger partial charge is 0.271 e. The first kappa shape index (κ1) is 13.4. The lowest BCUT2D eigenvalue weighted by Crippen LogP contribution is -2.17. The Bertz CT molecular complexity index is 628. The molecule has 2 aromatic carbocycles. The van der Waals surface area contributed by atoms with Crippen molar-refractivity contribution in [2.24, 2.45) is 5.10 Å². The minimum Gasteiger partial charge on any atom is -0.267 e. The number of rotatable bonds is 3. The lowest BCUT2D eigenvalue weighted by molar-refractivity contribution is 0.0954. The van der Waals surface area contributed by atoms with Crippen molar-refractivity contribution in [2.45, 2.75) is 0 Å². The van der Waals surface area contributed by atoms with Crippen molar-refractivity contribution < 1.29 is 9.18 Å². The van der Waals surface area contributed by atoms with Crippen molar-refractivity contribution in [2.75, 3.05) is 0 Å². The molecule has 0 aliphatic heterocycles. The van der Waals surface area contributed by atoms with Crippen LogP contribution in [0.4, 0.5) is 4.39 Å². The fraction of sp³-hybridized carbons (Fsp3) is 0. The first-order chi connectivity index (χ1) is 9.15. The van der Waals surface area contributed by atoms with Crippen LogP contribution in [0.25, 0.3) is 0 Å². The summed E-state index contributed by atoms with van der Waals surface area (Å²) in [7, 11) is 0. The van der Waals surface area contributed by atoms with Gasteiger partial charge < -0.3 is 0 Å². The molecule has 0 aliphatic carbocycles. The number of carbonyl (C=O) groups excluding carboxylic acids is 1. The first-order valence-corrected chi connectivity index (χ1v) is 6.29. The highest BCUT2D eigenvalue weighted by atomic mass is 79.9. The number of amides is 1. The summed E-state index contributed by atoms with van der Waals surface area (Å²) in [5.74, 6) is -0.908.